The van der Waals surface area contributed by atoms with E-state index in [4.69, 9.17) is 0 Å². The molecule has 0 atom stereocenters. The Hall–Kier alpha value is 3.16. The molecule has 0 aliphatic rings. The summed E-state index contributed by atoms with van der Waals surface area (Å²) in [4.78, 5) is 19.3. The average Bonchev–Trinajstić information content (AvgIpc) is 1.30. The Labute approximate surface area is 140 Å². The molecule has 0 radical (unpaired) electrons. The van der Waals surface area contributed by atoms with E-state index in [1.54, 1.807) is 0 Å². The fourth-order valence-electron chi connectivity index (χ4n) is 0.158. The maximum Gasteiger partial charge on any atom is 1.00 e. The third-order valence-electron chi connectivity index (χ3n) is 0.353. The Balaban J connectivity index is -0.000000180. The maximum atomic E-state index is 9.63. The summed E-state index contributed by atoms with van der Waals surface area (Å²) in [5.41, 5.74) is 0. The van der Waals surface area contributed by atoms with Gasteiger partial charge in [0.25, 0.3) is 0 Å². The minimum absolute atomic E-state index is 0. The van der Waals surface area contributed by atoms with E-state index in [2.05, 4.69) is 6.58 Å². The molecule has 0 amide bonds. The first-order chi connectivity index (χ1) is 3.06. The molecule has 0 N–H and O–H groups in total. The molecule has 0 saturated carbocycles. The van der Waals surface area contributed by atoms with Crippen LogP contribution in [0.5, 0.6) is 0 Å². The second kappa shape index (κ2) is 9.25. The normalized spacial score (nSPS) is 8.67. The van der Waals surface area contributed by atoms with Gasteiger partial charge in [0.05, 0.1) is 0 Å². The number of allylic oxidation sites excluding steroid dienone is 1. The van der Waals surface area contributed by atoms with Crippen molar-refractivity contribution in [2.75, 3.05) is 6.16 Å². The average molecular weight is 198 g/mol. The second-order valence-corrected chi connectivity index (χ2v) is 2.67. The minimum atomic E-state index is -4.28. The van der Waals surface area contributed by atoms with E-state index in [0.717, 1.165) is 6.08 Å². The first kappa shape index (κ1) is 18.1. The summed E-state index contributed by atoms with van der Waals surface area (Å²) >= 11 is 0. The minimum Gasteiger partial charge on any atom is -0.811 e. The predicted octanol–water partition coefficient (Wildman–Crippen LogP) is -6.91. The molecular formula is C3H5K2O3P. The van der Waals surface area contributed by atoms with E-state index in [1.807, 2.05) is 0 Å². The molecule has 3 nitrogen and oxygen atoms in total. The Morgan fingerprint density at radius 2 is 1.78 bits per heavy atom. The third-order valence-corrected chi connectivity index (χ3v) is 1.06. The largest absolute Gasteiger partial charge is 1.00 e. The smallest absolute Gasteiger partial charge is 0.811 e. The van der Waals surface area contributed by atoms with Crippen molar-refractivity contribution in [3.63, 3.8) is 0 Å². The van der Waals surface area contributed by atoms with Gasteiger partial charge in [-0.2, -0.15) is 0 Å². The van der Waals surface area contributed by atoms with Gasteiger partial charge < -0.3 is 14.4 Å². The van der Waals surface area contributed by atoms with Crippen LogP contribution in [0.1, 0.15) is 0 Å². The maximum absolute atomic E-state index is 9.63. The van der Waals surface area contributed by atoms with Crippen molar-refractivity contribution in [3.05, 3.63) is 12.7 Å². The fraction of sp³-hybridized carbons (Fsp3) is 0.333. The molecule has 9 heavy (non-hydrogen) atoms. The molecule has 0 aliphatic carbocycles. The fourth-order valence-corrected chi connectivity index (χ4v) is 0.474. The van der Waals surface area contributed by atoms with Gasteiger partial charge in [0.15, 0.2) is 0 Å². The predicted molar refractivity (Wildman–Crippen MR) is 22.7 cm³/mol. The van der Waals surface area contributed by atoms with Crippen LogP contribution in [0, 0.1) is 0 Å². The molecule has 0 aliphatic heterocycles. The van der Waals surface area contributed by atoms with E-state index in [9.17, 15) is 14.4 Å². The molecule has 0 aromatic heterocycles. The van der Waals surface area contributed by atoms with Crippen molar-refractivity contribution in [2.45, 2.75) is 0 Å². The monoisotopic (exact) mass is 198 g/mol. The molecule has 0 spiro atoms. The summed E-state index contributed by atoms with van der Waals surface area (Å²) < 4.78 is 9.63. The zero-order valence-corrected chi connectivity index (χ0v) is 12.8. The first-order valence-electron chi connectivity index (χ1n) is 1.68. The summed E-state index contributed by atoms with van der Waals surface area (Å²) in [6.07, 6.45) is 0.619. The van der Waals surface area contributed by atoms with Gasteiger partial charge in [0.2, 0.25) is 0 Å². The van der Waals surface area contributed by atoms with Crippen LogP contribution in [-0.2, 0) is 4.57 Å². The summed E-state index contributed by atoms with van der Waals surface area (Å²) in [6, 6.07) is 0. The number of hydrogen-bond donors (Lipinski definition) is 0. The molecule has 0 unspecified atom stereocenters. The van der Waals surface area contributed by atoms with E-state index in [0.29, 0.717) is 0 Å². The molecule has 0 rings (SSSR count). The molecule has 0 fully saturated rings. The van der Waals surface area contributed by atoms with Crippen LogP contribution in [0.25, 0.3) is 0 Å². The van der Waals surface area contributed by atoms with Gasteiger partial charge in [-0.05, 0) is 6.16 Å². The molecular weight excluding hydrogens is 193 g/mol. The van der Waals surface area contributed by atoms with Gasteiger partial charge in [0, 0.05) is 0 Å². The van der Waals surface area contributed by atoms with Crippen LogP contribution < -0.4 is 113 Å². The summed E-state index contributed by atoms with van der Waals surface area (Å²) in [5.74, 6) is 0. The van der Waals surface area contributed by atoms with Gasteiger partial charge in [-0.25, -0.2) is 0 Å². The Morgan fingerprint density at radius 3 is 1.78 bits per heavy atom. The molecule has 0 heterocycles. The standard InChI is InChI=1S/C3H7O3P.2K/c1-2-3-7(4,5)6;;/h2H,1,3H2,(H2,4,5,6);;/q;2*+1/p-2. The first-order valence-corrected chi connectivity index (χ1v) is 3.41. The van der Waals surface area contributed by atoms with Crippen molar-refractivity contribution in [3.8, 4) is 0 Å². The van der Waals surface area contributed by atoms with E-state index < -0.39 is 13.8 Å². The molecule has 42 valence electrons. The molecule has 0 aromatic carbocycles. The summed E-state index contributed by atoms with van der Waals surface area (Å²) in [5, 5.41) is 0. The van der Waals surface area contributed by atoms with Gasteiger partial charge >= 0.3 is 103 Å². The van der Waals surface area contributed by atoms with Gasteiger partial charge in [-0.15, -0.1) is 6.58 Å². The van der Waals surface area contributed by atoms with Crippen LogP contribution in [-0.4, -0.2) is 6.16 Å². The third kappa shape index (κ3) is 18.3. The summed E-state index contributed by atoms with van der Waals surface area (Å²) in [7, 11) is -4.28. The van der Waals surface area contributed by atoms with Gasteiger partial charge in [0.1, 0.15) is 0 Å². The SMILES string of the molecule is C=CCP(=O)([O-])[O-].[K+].[K+]. The van der Waals surface area contributed by atoms with Crippen molar-refractivity contribution in [1.29, 1.82) is 0 Å². The van der Waals surface area contributed by atoms with Crippen LogP contribution >= 0.6 is 7.60 Å². The van der Waals surface area contributed by atoms with Crippen LogP contribution in [0.2, 0.25) is 0 Å². The van der Waals surface area contributed by atoms with Crippen molar-refractivity contribution >= 4 is 7.60 Å². The van der Waals surface area contributed by atoms with Crippen LogP contribution in [0.3, 0.4) is 0 Å². The van der Waals surface area contributed by atoms with Crippen molar-refractivity contribution in [2.24, 2.45) is 0 Å². The van der Waals surface area contributed by atoms with Gasteiger partial charge in [-0.3, -0.25) is 0 Å². The zero-order chi connectivity index (χ0) is 5.91. The summed E-state index contributed by atoms with van der Waals surface area (Å²) in [6.45, 7) is 3.07. The molecule has 0 aromatic rings. The van der Waals surface area contributed by atoms with Crippen LogP contribution in [0.4, 0.5) is 0 Å². The van der Waals surface area contributed by atoms with Gasteiger partial charge in [-0.1, -0.05) is 13.7 Å². The molecule has 0 saturated heterocycles. The topological polar surface area (TPSA) is 63.2 Å². The zero-order valence-electron chi connectivity index (χ0n) is 5.66. The Bertz CT molecular complexity index is 110. The quantitative estimate of drug-likeness (QED) is 0.252. The molecule has 6 heteroatoms. The van der Waals surface area contributed by atoms with E-state index in [1.165, 1.54) is 0 Å². The Morgan fingerprint density at radius 1 is 1.44 bits per heavy atom. The second-order valence-electron chi connectivity index (χ2n) is 1.08. The Kier molecular flexibility index (Phi) is 18.6. The van der Waals surface area contributed by atoms with Crippen LogP contribution in [0.15, 0.2) is 12.7 Å². The van der Waals surface area contributed by atoms with Crippen molar-refractivity contribution in [1.82, 2.24) is 0 Å². The number of hydrogen-bond acceptors (Lipinski definition) is 3. The van der Waals surface area contributed by atoms with E-state index in [-0.39, 0.29) is 103 Å². The van der Waals surface area contributed by atoms with Crippen molar-refractivity contribution < 1.29 is 117 Å². The van der Waals surface area contributed by atoms with E-state index >= 15 is 0 Å². The number of rotatable bonds is 2. The molecule has 0 bridgehead atoms.